The summed E-state index contributed by atoms with van der Waals surface area (Å²) in [7, 11) is 0. The first-order valence-electron chi connectivity index (χ1n) is 8.83. The Morgan fingerprint density at radius 3 is 2.72 bits per heavy atom. The van der Waals surface area contributed by atoms with Gasteiger partial charge in [0.05, 0.1) is 23.1 Å². The van der Waals surface area contributed by atoms with Crippen LogP contribution in [-0.2, 0) is 0 Å². The lowest BCUT2D eigenvalue weighted by molar-refractivity contribution is 0.102. The predicted octanol–water partition coefficient (Wildman–Crippen LogP) is 4.30. The number of fused-ring (bicyclic) bond motifs is 1. The minimum Gasteiger partial charge on any atom is -0.337 e. The first kappa shape index (κ1) is 18.9. The van der Waals surface area contributed by atoms with Crippen LogP contribution in [0.25, 0.3) is 5.52 Å². The van der Waals surface area contributed by atoms with Crippen molar-refractivity contribution in [3.8, 4) is 0 Å². The lowest BCUT2D eigenvalue weighted by atomic mass is 10.3. The topological polar surface area (TPSA) is 89.1 Å². The van der Waals surface area contributed by atoms with Crippen molar-refractivity contribution in [2.24, 2.45) is 0 Å². The summed E-state index contributed by atoms with van der Waals surface area (Å²) in [5.74, 6) is -0.523. The Morgan fingerprint density at radius 1 is 1.17 bits per heavy atom. The van der Waals surface area contributed by atoms with E-state index >= 15 is 0 Å². The number of nitrogens with zero attached hydrogens (tertiary/aromatic N) is 5. The Labute approximate surface area is 170 Å². The van der Waals surface area contributed by atoms with Gasteiger partial charge in [-0.25, -0.2) is 8.91 Å². The van der Waals surface area contributed by atoms with Crippen LogP contribution in [0.3, 0.4) is 0 Å². The normalized spacial score (nSPS) is 11.2. The molecule has 10 heteroatoms. The molecule has 0 spiro atoms. The van der Waals surface area contributed by atoms with E-state index in [2.05, 4.69) is 25.8 Å². The number of pyridine rings is 1. The predicted molar refractivity (Wildman–Crippen MR) is 108 cm³/mol. The first-order chi connectivity index (χ1) is 13.9. The third-order valence-electron chi connectivity index (χ3n) is 4.24. The Bertz CT molecular complexity index is 1200. The zero-order valence-electron chi connectivity index (χ0n) is 15.6. The van der Waals surface area contributed by atoms with Crippen LogP contribution in [-0.4, -0.2) is 30.3 Å². The quantitative estimate of drug-likeness (QED) is 0.509. The van der Waals surface area contributed by atoms with Gasteiger partial charge in [-0.1, -0.05) is 11.6 Å². The van der Waals surface area contributed by atoms with Crippen LogP contribution in [0, 0.1) is 5.82 Å². The van der Waals surface area contributed by atoms with Crippen molar-refractivity contribution in [3.63, 3.8) is 0 Å². The molecule has 0 unspecified atom stereocenters. The smallest absolute Gasteiger partial charge is 0.274 e. The van der Waals surface area contributed by atoms with E-state index in [1.54, 1.807) is 18.2 Å². The number of hydrogen-bond acceptors (Lipinski definition) is 5. The molecule has 0 aromatic carbocycles. The highest BCUT2D eigenvalue weighted by Gasteiger charge is 2.17. The highest BCUT2D eigenvalue weighted by molar-refractivity contribution is 6.29. The van der Waals surface area contributed by atoms with E-state index in [4.69, 9.17) is 11.6 Å². The number of rotatable bonds is 5. The van der Waals surface area contributed by atoms with E-state index < -0.39 is 11.7 Å². The molecule has 148 valence electrons. The Kier molecular flexibility index (Phi) is 4.89. The van der Waals surface area contributed by atoms with Crippen molar-refractivity contribution < 1.29 is 9.18 Å². The molecule has 4 aromatic heterocycles. The summed E-state index contributed by atoms with van der Waals surface area (Å²) < 4.78 is 17.0. The number of carbonyl (C=O) groups excluding carboxylic acids is 1. The van der Waals surface area contributed by atoms with Gasteiger partial charge in [-0.05, 0) is 32.0 Å². The molecule has 0 aliphatic carbocycles. The largest absolute Gasteiger partial charge is 0.337 e. The van der Waals surface area contributed by atoms with Crippen LogP contribution < -0.4 is 10.6 Å². The molecule has 0 saturated heterocycles. The minimum atomic E-state index is -0.629. The minimum absolute atomic E-state index is 0.0274. The van der Waals surface area contributed by atoms with Crippen LogP contribution in [0.4, 0.5) is 21.6 Å². The number of aromatic nitrogens is 5. The third kappa shape index (κ3) is 3.77. The molecule has 0 saturated carbocycles. The first-order valence-corrected chi connectivity index (χ1v) is 9.21. The van der Waals surface area contributed by atoms with Gasteiger partial charge in [0.25, 0.3) is 5.91 Å². The van der Waals surface area contributed by atoms with Gasteiger partial charge < -0.3 is 10.6 Å². The van der Waals surface area contributed by atoms with Gasteiger partial charge in [-0.2, -0.15) is 10.2 Å². The van der Waals surface area contributed by atoms with Crippen molar-refractivity contribution >= 4 is 40.2 Å². The molecule has 4 aromatic rings. The van der Waals surface area contributed by atoms with Crippen molar-refractivity contribution in [2.45, 2.75) is 19.9 Å². The zero-order chi connectivity index (χ0) is 20.5. The molecular formula is C19H17ClFN7O. The number of carbonyl (C=O) groups is 1. The molecule has 0 fully saturated rings. The summed E-state index contributed by atoms with van der Waals surface area (Å²) in [4.78, 5) is 16.3. The molecule has 0 radical (unpaired) electrons. The third-order valence-corrected chi connectivity index (χ3v) is 4.43. The van der Waals surface area contributed by atoms with Gasteiger partial charge in [0.2, 0.25) is 0 Å². The van der Waals surface area contributed by atoms with Crippen molar-refractivity contribution in [1.29, 1.82) is 0 Å². The molecule has 0 atom stereocenters. The zero-order valence-corrected chi connectivity index (χ0v) is 16.4. The van der Waals surface area contributed by atoms with E-state index in [9.17, 15) is 9.18 Å². The molecule has 1 amide bonds. The molecular weight excluding hydrogens is 397 g/mol. The van der Waals surface area contributed by atoms with E-state index in [-0.39, 0.29) is 22.6 Å². The van der Waals surface area contributed by atoms with Crippen molar-refractivity contribution in [2.75, 3.05) is 10.6 Å². The number of anilines is 3. The Hall–Kier alpha value is -3.46. The maximum Gasteiger partial charge on any atom is 0.274 e. The monoisotopic (exact) mass is 413 g/mol. The summed E-state index contributed by atoms with van der Waals surface area (Å²) in [5.41, 5.74) is 1.48. The lowest BCUT2D eigenvalue weighted by Gasteiger charge is -2.09. The molecule has 29 heavy (non-hydrogen) atoms. The van der Waals surface area contributed by atoms with E-state index in [0.29, 0.717) is 17.0 Å². The van der Waals surface area contributed by atoms with Crippen LogP contribution in [0.15, 0.2) is 48.9 Å². The van der Waals surface area contributed by atoms with Crippen molar-refractivity contribution in [1.82, 2.24) is 24.4 Å². The van der Waals surface area contributed by atoms with Gasteiger partial charge in [0, 0.05) is 30.6 Å². The summed E-state index contributed by atoms with van der Waals surface area (Å²) in [6.45, 7) is 4.06. The van der Waals surface area contributed by atoms with Gasteiger partial charge in [0.15, 0.2) is 16.8 Å². The van der Waals surface area contributed by atoms with Gasteiger partial charge in [-0.3, -0.25) is 14.5 Å². The maximum atomic E-state index is 13.8. The Balaban J connectivity index is 1.67. The maximum absolute atomic E-state index is 13.8. The van der Waals surface area contributed by atoms with Gasteiger partial charge in [0.1, 0.15) is 5.69 Å². The van der Waals surface area contributed by atoms with Crippen LogP contribution >= 0.6 is 11.6 Å². The molecule has 4 heterocycles. The van der Waals surface area contributed by atoms with Crippen LogP contribution in [0.1, 0.15) is 30.4 Å². The second kappa shape index (κ2) is 7.51. The lowest BCUT2D eigenvalue weighted by Crippen LogP contribution is -2.16. The highest BCUT2D eigenvalue weighted by Crippen LogP contribution is 2.26. The highest BCUT2D eigenvalue weighted by atomic mass is 35.5. The second-order valence-corrected chi connectivity index (χ2v) is 6.99. The SMILES string of the molecule is CC(C)n1ccc(Nc2cc(Cl)nn3c(C(=O)Nc4ccncc4F)ccc23)n1. The fourth-order valence-electron chi connectivity index (χ4n) is 2.82. The summed E-state index contributed by atoms with van der Waals surface area (Å²) in [6.07, 6.45) is 4.29. The average molecular weight is 414 g/mol. The average Bonchev–Trinajstić information content (AvgIpc) is 3.30. The Morgan fingerprint density at radius 2 is 2.00 bits per heavy atom. The summed E-state index contributed by atoms with van der Waals surface area (Å²) in [5, 5.41) is 14.6. The number of nitrogens with one attached hydrogen (secondary N) is 2. The molecule has 0 aliphatic rings. The number of hydrogen-bond donors (Lipinski definition) is 2. The summed E-state index contributed by atoms with van der Waals surface area (Å²) >= 11 is 6.17. The molecule has 2 N–H and O–H groups in total. The fourth-order valence-corrected chi connectivity index (χ4v) is 3.01. The molecule has 0 bridgehead atoms. The van der Waals surface area contributed by atoms with Gasteiger partial charge in [-0.15, -0.1) is 0 Å². The fraction of sp³-hybridized carbons (Fsp3) is 0.158. The van der Waals surface area contributed by atoms with Crippen LogP contribution in [0.5, 0.6) is 0 Å². The summed E-state index contributed by atoms with van der Waals surface area (Å²) in [6, 6.07) is 8.40. The molecule has 4 rings (SSSR count). The van der Waals surface area contributed by atoms with E-state index in [1.807, 2.05) is 30.8 Å². The van der Waals surface area contributed by atoms with Gasteiger partial charge >= 0.3 is 0 Å². The second-order valence-electron chi connectivity index (χ2n) is 6.61. The molecule has 0 aliphatic heterocycles. The van der Waals surface area contributed by atoms with Crippen LogP contribution in [0.2, 0.25) is 5.15 Å². The van der Waals surface area contributed by atoms with E-state index in [1.165, 1.54) is 16.8 Å². The standard InChI is InChI=1S/C19H17ClFN7O/c1-11(2)27-8-6-18(26-27)23-14-9-17(20)25-28-15(14)3-4-16(28)19(29)24-13-5-7-22-10-12(13)21/h3-11H,1-2H3,(H,23,26)(H,22,24,29). The van der Waals surface area contributed by atoms with Crippen molar-refractivity contribution in [3.05, 3.63) is 65.6 Å². The number of halogens is 2. The number of amides is 1. The van der Waals surface area contributed by atoms with E-state index in [0.717, 1.165) is 6.20 Å². The molecule has 8 nitrogen and oxygen atoms in total.